The molecule has 0 fully saturated rings. The van der Waals surface area contributed by atoms with Gasteiger partial charge >= 0.3 is 5.97 Å². The Kier molecular flexibility index (Phi) is 5.35. The second-order valence-corrected chi connectivity index (χ2v) is 5.09. The van der Waals surface area contributed by atoms with Crippen LogP contribution in [0, 0.1) is 6.92 Å². The van der Waals surface area contributed by atoms with Crippen molar-refractivity contribution < 1.29 is 9.53 Å². The van der Waals surface area contributed by atoms with Gasteiger partial charge in [-0.05, 0) is 46.0 Å². The lowest BCUT2D eigenvalue weighted by Gasteiger charge is -2.20. The summed E-state index contributed by atoms with van der Waals surface area (Å²) in [5.74, 6) is -0.366. The molecule has 0 amide bonds. The molecule has 0 aliphatic rings. The van der Waals surface area contributed by atoms with Gasteiger partial charge in [-0.1, -0.05) is 24.3 Å². The van der Waals surface area contributed by atoms with Gasteiger partial charge in [0.1, 0.15) is 6.10 Å². The lowest BCUT2D eigenvalue weighted by molar-refractivity contribution is -0.150. The number of hydrogen-bond donors (Lipinski definition) is 0. The summed E-state index contributed by atoms with van der Waals surface area (Å²) >= 11 is 0. The number of carbonyl (C=O) groups excluding carboxylic acids is 1. The predicted molar refractivity (Wildman–Crippen MR) is 73.7 cm³/mol. The number of ether oxygens (including phenoxy) is 1. The van der Waals surface area contributed by atoms with Crippen LogP contribution < -0.4 is 0 Å². The fourth-order valence-electron chi connectivity index (χ4n) is 2.05. The van der Waals surface area contributed by atoms with Gasteiger partial charge in [0.15, 0.2) is 0 Å². The molecule has 0 N–H and O–H groups in total. The van der Waals surface area contributed by atoms with Gasteiger partial charge in [-0.15, -0.1) is 0 Å². The van der Waals surface area contributed by atoms with Crippen LogP contribution in [0.25, 0.3) is 0 Å². The largest absolute Gasteiger partial charge is 0.461 e. The Morgan fingerprint density at radius 3 is 2.44 bits per heavy atom. The van der Waals surface area contributed by atoms with E-state index in [9.17, 15) is 4.79 Å². The van der Waals surface area contributed by atoms with E-state index in [0.717, 1.165) is 17.7 Å². The lowest BCUT2D eigenvalue weighted by Crippen LogP contribution is -2.29. The summed E-state index contributed by atoms with van der Waals surface area (Å²) in [5, 5.41) is 0. The highest BCUT2D eigenvalue weighted by Gasteiger charge is 2.20. The molecule has 0 aromatic heterocycles. The quantitative estimate of drug-likeness (QED) is 0.751. The normalized spacial score (nSPS) is 14.3. The number of likely N-dealkylation sites (N-methyl/N-ethyl adjacent to an activating group) is 1. The number of hydrogen-bond acceptors (Lipinski definition) is 3. The van der Waals surface area contributed by atoms with Crippen molar-refractivity contribution in [3.8, 4) is 0 Å². The number of rotatable bonds is 5. The van der Waals surface area contributed by atoms with Gasteiger partial charge < -0.3 is 9.64 Å². The molecule has 100 valence electrons. The van der Waals surface area contributed by atoms with Crippen molar-refractivity contribution >= 4 is 5.97 Å². The van der Waals surface area contributed by atoms with Gasteiger partial charge in [-0.25, -0.2) is 0 Å². The van der Waals surface area contributed by atoms with Crippen molar-refractivity contribution in [2.24, 2.45) is 0 Å². The Labute approximate surface area is 110 Å². The number of benzene rings is 1. The molecule has 0 unspecified atom stereocenters. The van der Waals surface area contributed by atoms with Crippen LogP contribution in [-0.2, 0) is 9.53 Å². The Morgan fingerprint density at radius 2 is 1.89 bits per heavy atom. The van der Waals surface area contributed by atoms with Crippen molar-refractivity contribution in [1.82, 2.24) is 4.90 Å². The van der Waals surface area contributed by atoms with E-state index >= 15 is 0 Å². The average molecular weight is 249 g/mol. The molecule has 18 heavy (non-hydrogen) atoms. The highest BCUT2D eigenvalue weighted by atomic mass is 16.5. The molecule has 0 saturated heterocycles. The monoisotopic (exact) mass is 249 g/mol. The number of esters is 1. The van der Waals surface area contributed by atoms with Crippen LogP contribution in [0.2, 0.25) is 0 Å². The summed E-state index contributed by atoms with van der Waals surface area (Å²) in [6.45, 7) is 6.57. The van der Waals surface area contributed by atoms with Crippen LogP contribution in [0.4, 0.5) is 0 Å². The Balaban J connectivity index is 2.65. The van der Waals surface area contributed by atoms with E-state index in [-0.39, 0.29) is 18.0 Å². The van der Waals surface area contributed by atoms with Gasteiger partial charge in [0.25, 0.3) is 0 Å². The maximum absolute atomic E-state index is 12.0. The summed E-state index contributed by atoms with van der Waals surface area (Å²) in [6, 6.07) is 7.93. The molecular formula is C15H23NO2. The van der Waals surface area contributed by atoms with Crippen LogP contribution in [0.3, 0.4) is 0 Å². The number of aryl methyl sites for hydroxylation is 1. The first-order valence-electron chi connectivity index (χ1n) is 6.32. The van der Waals surface area contributed by atoms with Crippen LogP contribution in [0.15, 0.2) is 24.3 Å². The molecule has 0 spiro atoms. The van der Waals surface area contributed by atoms with Crippen molar-refractivity contribution in [2.75, 3.05) is 20.6 Å². The van der Waals surface area contributed by atoms with E-state index in [4.69, 9.17) is 4.74 Å². The van der Waals surface area contributed by atoms with Gasteiger partial charge in [-0.2, -0.15) is 0 Å². The molecule has 3 heteroatoms. The molecule has 0 aliphatic carbocycles. The minimum Gasteiger partial charge on any atom is -0.461 e. The summed E-state index contributed by atoms with van der Waals surface area (Å²) < 4.78 is 5.45. The fourth-order valence-corrected chi connectivity index (χ4v) is 2.05. The first kappa shape index (κ1) is 14.7. The van der Waals surface area contributed by atoms with E-state index in [1.807, 2.05) is 64.0 Å². The second-order valence-electron chi connectivity index (χ2n) is 5.09. The van der Waals surface area contributed by atoms with Crippen LogP contribution in [0.1, 0.15) is 30.9 Å². The highest BCUT2D eigenvalue weighted by molar-refractivity contribution is 5.78. The summed E-state index contributed by atoms with van der Waals surface area (Å²) in [7, 11) is 3.93. The van der Waals surface area contributed by atoms with Gasteiger partial charge in [0, 0.05) is 6.54 Å². The van der Waals surface area contributed by atoms with E-state index in [2.05, 4.69) is 0 Å². The summed E-state index contributed by atoms with van der Waals surface area (Å²) in [6.07, 6.45) is -0.0843. The van der Waals surface area contributed by atoms with E-state index < -0.39 is 0 Å². The Morgan fingerprint density at radius 1 is 1.28 bits per heavy atom. The molecule has 0 aliphatic heterocycles. The molecule has 0 heterocycles. The van der Waals surface area contributed by atoms with Gasteiger partial charge in [-0.3, -0.25) is 4.79 Å². The molecular weight excluding hydrogens is 226 g/mol. The fraction of sp³-hybridized carbons (Fsp3) is 0.533. The molecule has 1 aromatic rings. The first-order valence-corrected chi connectivity index (χ1v) is 6.32. The van der Waals surface area contributed by atoms with Crippen LogP contribution >= 0.6 is 0 Å². The maximum atomic E-state index is 12.0. The average Bonchev–Trinajstić information content (AvgIpc) is 2.27. The Bertz CT molecular complexity index is 401. The van der Waals surface area contributed by atoms with E-state index in [0.29, 0.717) is 0 Å². The number of nitrogens with zero attached hydrogens (tertiary/aromatic N) is 1. The first-order chi connectivity index (χ1) is 8.41. The second kappa shape index (κ2) is 6.55. The Hall–Kier alpha value is -1.35. The smallest absolute Gasteiger partial charge is 0.313 e. The summed E-state index contributed by atoms with van der Waals surface area (Å²) in [5.41, 5.74) is 2.17. The minimum atomic E-state index is -0.212. The standard InChI is InChI=1S/C15H23NO2/c1-11-8-6-7-9-14(11)13(3)15(17)18-12(2)10-16(4)5/h6-9,12-13H,10H2,1-5H3/t12-,13+/m1/s1. The molecule has 1 aromatic carbocycles. The van der Waals surface area contributed by atoms with Crippen LogP contribution in [-0.4, -0.2) is 37.6 Å². The topological polar surface area (TPSA) is 29.5 Å². The third-order valence-corrected chi connectivity index (χ3v) is 2.95. The minimum absolute atomic E-state index is 0.0843. The summed E-state index contributed by atoms with van der Waals surface area (Å²) in [4.78, 5) is 14.1. The lowest BCUT2D eigenvalue weighted by atomic mass is 9.97. The molecule has 0 radical (unpaired) electrons. The van der Waals surface area contributed by atoms with Crippen molar-refractivity contribution in [3.05, 3.63) is 35.4 Å². The third-order valence-electron chi connectivity index (χ3n) is 2.95. The maximum Gasteiger partial charge on any atom is 0.313 e. The molecule has 2 atom stereocenters. The highest BCUT2D eigenvalue weighted by Crippen LogP contribution is 2.21. The molecule has 1 rings (SSSR count). The molecule has 0 bridgehead atoms. The van der Waals surface area contributed by atoms with E-state index in [1.165, 1.54) is 0 Å². The van der Waals surface area contributed by atoms with Gasteiger partial charge in [0.05, 0.1) is 5.92 Å². The predicted octanol–water partition coefficient (Wildman–Crippen LogP) is 2.59. The van der Waals surface area contributed by atoms with Crippen molar-refractivity contribution in [3.63, 3.8) is 0 Å². The third kappa shape index (κ3) is 4.15. The van der Waals surface area contributed by atoms with Crippen molar-refractivity contribution in [2.45, 2.75) is 32.8 Å². The van der Waals surface area contributed by atoms with E-state index in [1.54, 1.807) is 0 Å². The number of carbonyl (C=O) groups is 1. The zero-order valence-electron chi connectivity index (χ0n) is 11.9. The zero-order valence-corrected chi connectivity index (χ0v) is 11.9. The molecule has 3 nitrogen and oxygen atoms in total. The van der Waals surface area contributed by atoms with Gasteiger partial charge in [0.2, 0.25) is 0 Å². The molecule has 0 saturated carbocycles. The van der Waals surface area contributed by atoms with Crippen LogP contribution in [0.5, 0.6) is 0 Å². The zero-order chi connectivity index (χ0) is 13.7. The SMILES string of the molecule is Cc1ccccc1[C@H](C)C(=O)O[C@H](C)CN(C)C. The van der Waals surface area contributed by atoms with Crippen molar-refractivity contribution in [1.29, 1.82) is 0 Å².